The summed E-state index contributed by atoms with van der Waals surface area (Å²) in [5.41, 5.74) is 2.20. The fraction of sp³-hybridized carbons (Fsp3) is 0.375. The molecule has 0 heterocycles. The van der Waals surface area contributed by atoms with E-state index in [9.17, 15) is 9.59 Å². The van der Waals surface area contributed by atoms with Gasteiger partial charge in [-0.1, -0.05) is 12.1 Å². The van der Waals surface area contributed by atoms with Crippen molar-refractivity contribution in [1.82, 2.24) is 4.90 Å². The number of amides is 1. The molecule has 1 amide bonds. The Morgan fingerprint density at radius 2 is 2.10 bits per heavy atom. The number of hydrogen-bond donors (Lipinski definition) is 1. The van der Waals surface area contributed by atoms with E-state index in [4.69, 9.17) is 5.11 Å². The van der Waals surface area contributed by atoms with Crippen LogP contribution in [-0.2, 0) is 4.79 Å². The topological polar surface area (TPSA) is 57.6 Å². The summed E-state index contributed by atoms with van der Waals surface area (Å²) >= 11 is 1.70. The summed E-state index contributed by atoms with van der Waals surface area (Å²) < 4.78 is 0. The van der Waals surface area contributed by atoms with Crippen LogP contribution in [0.15, 0.2) is 24.3 Å². The second-order valence-corrected chi connectivity index (χ2v) is 5.88. The maximum Gasteiger partial charge on any atom is 0.328 e. The van der Waals surface area contributed by atoms with Crippen LogP contribution in [0.5, 0.6) is 0 Å². The molecule has 0 aliphatic heterocycles. The Morgan fingerprint density at radius 1 is 1.43 bits per heavy atom. The number of rotatable bonds is 6. The van der Waals surface area contributed by atoms with Gasteiger partial charge in [-0.25, -0.2) is 4.79 Å². The molecule has 5 heteroatoms. The SMILES string of the molecule is CSCC(C)N(C)C(=O)c1cc(/C=C/C(=O)O)ccc1C. The number of thioether (sulfide) groups is 1. The van der Waals surface area contributed by atoms with E-state index in [1.54, 1.807) is 35.8 Å². The number of carboxylic acids is 1. The van der Waals surface area contributed by atoms with Crippen LogP contribution in [0.3, 0.4) is 0 Å². The molecular formula is C16H21NO3S. The van der Waals surface area contributed by atoms with Crippen molar-refractivity contribution in [2.45, 2.75) is 19.9 Å². The summed E-state index contributed by atoms with van der Waals surface area (Å²) in [6.45, 7) is 3.89. The zero-order valence-electron chi connectivity index (χ0n) is 12.8. The molecule has 21 heavy (non-hydrogen) atoms. The van der Waals surface area contributed by atoms with Crippen LogP contribution in [0.1, 0.15) is 28.4 Å². The van der Waals surface area contributed by atoms with Crippen LogP contribution in [0, 0.1) is 6.92 Å². The zero-order valence-corrected chi connectivity index (χ0v) is 13.6. The van der Waals surface area contributed by atoms with Crippen molar-refractivity contribution >= 4 is 29.7 Å². The quantitative estimate of drug-likeness (QED) is 0.821. The first kappa shape index (κ1) is 17.3. The fourth-order valence-corrected chi connectivity index (χ4v) is 2.59. The Bertz CT molecular complexity index is 554. The molecular weight excluding hydrogens is 286 g/mol. The van der Waals surface area contributed by atoms with Gasteiger partial charge in [-0.05, 0) is 43.4 Å². The molecule has 1 aromatic carbocycles. The molecule has 0 aliphatic rings. The average molecular weight is 307 g/mol. The second-order valence-electron chi connectivity index (χ2n) is 4.97. The lowest BCUT2D eigenvalue weighted by Gasteiger charge is -2.25. The predicted molar refractivity (Wildman–Crippen MR) is 87.8 cm³/mol. The number of nitrogens with zero attached hydrogens (tertiary/aromatic N) is 1. The maximum absolute atomic E-state index is 12.5. The van der Waals surface area contributed by atoms with E-state index in [1.807, 2.05) is 26.2 Å². The van der Waals surface area contributed by atoms with Gasteiger partial charge in [0.05, 0.1) is 0 Å². The van der Waals surface area contributed by atoms with Gasteiger partial charge in [-0.15, -0.1) is 0 Å². The molecule has 4 nitrogen and oxygen atoms in total. The van der Waals surface area contributed by atoms with E-state index < -0.39 is 5.97 Å². The highest BCUT2D eigenvalue weighted by Crippen LogP contribution is 2.16. The number of carbonyl (C=O) groups is 2. The Hall–Kier alpha value is -1.75. The Labute approximate surface area is 129 Å². The van der Waals surface area contributed by atoms with Crippen molar-refractivity contribution in [3.05, 3.63) is 41.0 Å². The van der Waals surface area contributed by atoms with Gasteiger partial charge in [-0.3, -0.25) is 4.79 Å². The number of carboxylic acid groups (broad SMARTS) is 1. The lowest BCUT2D eigenvalue weighted by Crippen LogP contribution is -2.37. The van der Waals surface area contributed by atoms with E-state index in [2.05, 4.69) is 0 Å². The zero-order chi connectivity index (χ0) is 16.0. The predicted octanol–water partition coefficient (Wildman–Crippen LogP) is 2.92. The number of benzene rings is 1. The molecule has 1 atom stereocenters. The molecule has 114 valence electrons. The highest BCUT2D eigenvalue weighted by atomic mass is 32.2. The minimum absolute atomic E-state index is 0.0420. The summed E-state index contributed by atoms with van der Waals surface area (Å²) in [6, 6.07) is 5.52. The minimum Gasteiger partial charge on any atom is -0.478 e. The molecule has 0 aliphatic carbocycles. The number of aliphatic carboxylic acids is 1. The lowest BCUT2D eigenvalue weighted by molar-refractivity contribution is -0.131. The summed E-state index contributed by atoms with van der Waals surface area (Å²) in [5.74, 6) is -0.173. The van der Waals surface area contributed by atoms with Gasteiger partial charge in [0.1, 0.15) is 0 Å². The molecule has 0 saturated heterocycles. The third-order valence-electron chi connectivity index (χ3n) is 3.30. The van der Waals surface area contributed by atoms with Crippen molar-refractivity contribution in [3.63, 3.8) is 0 Å². The normalized spacial score (nSPS) is 12.4. The van der Waals surface area contributed by atoms with E-state index in [-0.39, 0.29) is 11.9 Å². The molecule has 1 aromatic rings. The summed E-state index contributed by atoms with van der Waals surface area (Å²) in [4.78, 5) is 24.8. The smallest absolute Gasteiger partial charge is 0.328 e. The van der Waals surface area contributed by atoms with Crippen molar-refractivity contribution in [1.29, 1.82) is 0 Å². The Balaban J connectivity index is 3.03. The second kappa shape index (κ2) is 7.88. The Morgan fingerprint density at radius 3 is 2.67 bits per heavy atom. The molecule has 0 spiro atoms. The molecule has 1 rings (SSSR count). The first-order valence-electron chi connectivity index (χ1n) is 6.64. The number of aryl methyl sites for hydroxylation is 1. The van der Waals surface area contributed by atoms with Crippen LogP contribution < -0.4 is 0 Å². The molecule has 1 unspecified atom stereocenters. The largest absolute Gasteiger partial charge is 0.478 e. The van der Waals surface area contributed by atoms with E-state index in [0.717, 1.165) is 17.4 Å². The van der Waals surface area contributed by atoms with E-state index >= 15 is 0 Å². The van der Waals surface area contributed by atoms with Gasteiger partial charge in [0, 0.05) is 30.5 Å². The van der Waals surface area contributed by atoms with Crippen LogP contribution in [0.2, 0.25) is 0 Å². The third kappa shape index (κ3) is 4.93. The molecule has 0 bridgehead atoms. The van der Waals surface area contributed by atoms with Gasteiger partial charge in [0.2, 0.25) is 0 Å². The number of carbonyl (C=O) groups excluding carboxylic acids is 1. The van der Waals surface area contributed by atoms with Crippen LogP contribution in [0.4, 0.5) is 0 Å². The highest BCUT2D eigenvalue weighted by molar-refractivity contribution is 7.98. The monoisotopic (exact) mass is 307 g/mol. The van der Waals surface area contributed by atoms with E-state index in [0.29, 0.717) is 11.1 Å². The fourth-order valence-electron chi connectivity index (χ4n) is 1.88. The summed E-state index contributed by atoms with van der Waals surface area (Å²) in [7, 11) is 1.79. The van der Waals surface area contributed by atoms with Gasteiger partial charge in [-0.2, -0.15) is 11.8 Å². The van der Waals surface area contributed by atoms with Crippen molar-refractivity contribution in [3.8, 4) is 0 Å². The first-order chi connectivity index (χ1) is 9.86. The van der Waals surface area contributed by atoms with Crippen molar-refractivity contribution in [2.24, 2.45) is 0 Å². The third-order valence-corrected chi connectivity index (χ3v) is 4.12. The molecule has 0 saturated carbocycles. The average Bonchev–Trinajstić information content (AvgIpc) is 2.45. The Kier molecular flexibility index (Phi) is 6.49. The van der Waals surface area contributed by atoms with Crippen LogP contribution in [0.25, 0.3) is 6.08 Å². The summed E-state index contributed by atoms with van der Waals surface area (Å²) in [6.07, 6.45) is 4.57. The molecule has 1 N–H and O–H groups in total. The van der Waals surface area contributed by atoms with Crippen molar-refractivity contribution in [2.75, 3.05) is 19.1 Å². The van der Waals surface area contributed by atoms with Crippen molar-refractivity contribution < 1.29 is 14.7 Å². The molecule has 0 fully saturated rings. The van der Waals surface area contributed by atoms with Crippen LogP contribution >= 0.6 is 11.8 Å². The molecule has 0 aromatic heterocycles. The summed E-state index contributed by atoms with van der Waals surface area (Å²) in [5, 5.41) is 8.66. The van der Waals surface area contributed by atoms with Gasteiger partial charge in [0.25, 0.3) is 5.91 Å². The standard InChI is InChI=1S/C16H21NO3S/c1-11-5-6-13(7-8-15(18)19)9-14(11)16(20)17(3)12(2)10-21-4/h5-9,12H,10H2,1-4H3,(H,18,19)/b8-7+. The van der Waals surface area contributed by atoms with Crippen LogP contribution in [-0.4, -0.2) is 47.0 Å². The van der Waals surface area contributed by atoms with Gasteiger partial charge < -0.3 is 10.0 Å². The lowest BCUT2D eigenvalue weighted by atomic mass is 10.0. The number of hydrogen-bond acceptors (Lipinski definition) is 3. The van der Waals surface area contributed by atoms with Gasteiger partial charge in [0.15, 0.2) is 0 Å². The van der Waals surface area contributed by atoms with Gasteiger partial charge >= 0.3 is 5.97 Å². The van der Waals surface area contributed by atoms with E-state index in [1.165, 1.54) is 6.08 Å². The maximum atomic E-state index is 12.5. The highest BCUT2D eigenvalue weighted by Gasteiger charge is 2.18. The minimum atomic E-state index is -1.01. The first-order valence-corrected chi connectivity index (χ1v) is 8.04. The molecule has 0 radical (unpaired) electrons.